The number of rotatable bonds is 3. The molecule has 1 aromatic rings. The summed E-state index contributed by atoms with van der Waals surface area (Å²) >= 11 is 0. The Kier molecular flexibility index (Phi) is 3.23. The van der Waals surface area contributed by atoms with Crippen molar-refractivity contribution >= 4 is 17.5 Å². The predicted molar refractivity (Wildman–Crippen MR) is 54.4 cm³/mol. The minimum atomic E-state index is -1.59. The van der Waals surface area contributed by atoms with Gasteiger partial charge < -0.3 is 10.2 Å². The predicted octanol–water partition coefficient (Wildman–Crippen LogP) is 1.55. The smallest absolute Gasteiger partial charge is 0.376 e. The molecule has 0 saturated carbocycles. The highest BCUT2D eigenvalue weighted by atomic mass is 16.4. The molecule has 1 rings (SSSR count). The van der Waals surface area contributed by atoms with Crippen LogP contribution in [0.5, 0.6) is 0 Å². The van der Waals surface area contributed by atoms with Gasteiger partial charge in [-0.3, -0.25) is 4.79 Å². The zero-order valence-corrected chi connectivity index (χ0v) is 8.10. The van der Waals surface area contributed by atoms with Gasteiger partial charge in [-0.25, -0.2) is 4.79 Å². The molecule has 0 unspecified atom stereocenters. The number of aryl methyl sites for hydroxylation is 1. The summed E-state index contributed by atoms with van der Waals surface area (Å²) in [6.45, 7) is 1.75. The van der Waals surface area contributed by atoms with Gasteiger partial charge in [-0.05, 0) is 12.5 Å². The number of aliphatic hydroxyl groups is 1. The SMILES string of the molecule is Cc1ccccc1/C(O)=C/C(=O)C(=O)O. The van der Waals surface area contributed by atoms with Crippen molar-refractivity contribution < 1.29 is 19.8 Å². The van der Waals surface area contributed by atoms with E-state index in [2.05, 4.69) is 0 Å². The normalized spacial score (nSPS) is 11.1. The third kappa shape index (κ3) is 2.67. The molecule has 0 atom stereocenters. The summed E-state index contributed by atoms with van der Waals surface area (Å²) in [7, 11) is 0. The van der Waals surface area contributed by atoms with Crippen LogP contribution in [0.2, 0.25) is 0 Å². The Morgan fingerprint density at radius 2 is 1.80 bits per heavy atom. The van der Waals surface area contributed by atoms with E-state index in [0.717, 1.165) is 5.56 Å². The van der Waals surface area contributed by atoms with Crippen molar-refractivity contribution in [1.82, 2.24) is 0 Å². The first-order valence-corrected chi connectivity index (χ1v) is 4.26. The molecule has 0 bridgehead atoms. The molecule has 0 amide bonds. The molecule has 0 aliphatic rings. The summed E-state index contributed by atoms with van der Waals surface area (Å²) in [6, 6.07) is 6.84. The van der Waals surface area contributed by atoms with E-state index in [1.807, 2.05) is 0 Å². The first-order chi connectivity index (χ1) is 7.02. The Morgan fingerprint density at radius 1 is 1.20 bits per heavy atom. The fourth-order valence-electron chi connectivity index (χ4n) is 1.12. The topological polar surface area (TPSA) is 74.6 Å². The molecule has 1 aromatic carbocycles. The zero-order valence-electron chi connectivity index (χ0n) is 8.10. The van der Waals surface area contributed by atoms with Crippen LogP contribution < -0.4 is 0 Å². The zero-order chi connectivity index (χ0) is 11.4. The molecule has 0 aliphatic carbocycles. The Balaban J connectivity index is 3.05. The Hall–Kier alpha value is -2.10. The van der Waals surface area contributed by atoms with Crippen molar-refractivity contribution in [1.29, 1.82) is 0 Å². The fraction of sp³-hybridized carbons (Fsp3) is 0.0909. The molecule has 15 heavy (non-hydrogen) atoms. The molecule has 0 fully saturated rings. The maximum Gasteiger partial charge on any atom is 0.376 e. The van der Waals surface area contributed by atoms with Gasteiger partial charge in [0, 0.05) is 11.6 Å². The number of carbonyl (C=O) groups is 2. The summed E-state index contributed by atoms with van der Waals surface area (Å²) in [5, 5.41) is 17.8. The molecule has 0 aliphatic heterocycles. The Morgan fingerprint density at radius 3 is 2.33 bits per heavy atom. The molecule has 0 radical (unpaired) electrons. The van der Waals surface area contributed by atoms with Crippen molar-refractivity contribution in [2.45, 2.75) is 6.92 Å². The van der Waals surface area contributed by atoms with Crippen molar-refractivity contribution in [2.75, 3.05) is 0 Å². The molecule has 4 heteroatoms. The van der Waals surface area contributed by atoms with E-state index in [1.165, 1.54) is 0 Å². The van der Waals surface area contributed by atoms with E-state index in [0.29, 0.717) is 11.6 Å². The number of ketones is 1. The third-order valence-electron chi connectivity index (χ3n) is 1.90. The summed E-state index contributed by atoms with van der Waals surface area (Å²) < 4.78 is 0. The highest BCUT2D eigenvalue weighted by Crippen LogP contribution is 2.15. The van der Waals surface area contributed by atoms with Gasteiger partial charge in [0.25, 0.3) is 5.78 Å². The van der Waals surface area contributed by atoms with Crippen molar-refractivity contribution in [3.63, 3.8) is 0 Å². The van der Waals surface area contributed by atoms with Gasteiger partial charge in [0.05, 0.1) is 0 Å². The standard InChI is InChI=1S/C11H10O4/c1-7-4-2-3-5-8(7)9(12)6-10(13)11(14)15/h2-6,12H,1H3,(H,14,15)/b9-6-. The quantitative estimate of drug-likeness (QED) is 0.447. The summed E-state index contributed by atoms with van der Waals surface area (Å²) in [5.41, 5.74) is 1.22. The van der Waals surface area contributed by atoms with Gasteiger partial charge in [0.15, 0.2) is 0 Å². The van der Waals surface area contributed by atoms with Crippen LogP contribution in [0.3, 0.4) is 0 Å². The van der Waals surface area contributed by atoms with Crippen molar-refractivity contribution in [3.05, 3.63) is 41.5 Å². The summed E-state index contributed by atoms with van der Waals surface area (Å²) in [4.78, 5) is 21.0. The highest BCUT2D eigenvalue weighted by Gasteiger charge is 2.11. The van der Waals surface area contributed by atoms with Crippen LogP contribution in [0.25, 0.3) is 5.76 Å². The van der Waals surface area contributed by atoms with Crippen molar-refractivity contribution in [3.8, 4) is 0 Å². The van der Waals surface area contributed by atoms with Crippen LogP contribution in [0.1, 0.15) is 11.1 Å². The Labute approximate surface area is 86.5 Å². The van der Waals surface area contributed by atoms with E-state index in [9.17, 15) is 14.7 Å². The minimum absolute atomic E-state index is 0.333. The van der Waals surface area contributed by atoms with E-state index in [4.69, 9.17) is 5.11 Å². The number of aliphatic carboxylic acids is 1. The molecule has 78 valence electrons. The second kappa shape index (κ2) is 4.41. The lowest BCUT2D eigenvalue weighted by molar-refractivity contribution is -0.146. The fourth-order valence-corrected chi connectivity index (χ4v) is 1.12. The first kappa shape index (κ1) is 11.0. The minimum Gasteiger partial charge on any atom is -0.507 e. The van der Waals surface area contributed by atoms with Gasteiger partial charge in [0.2, 0.25) is 0 Å². The molecule has 0 saturated heterocycles. The molecule has 0 spiro atoms. The van der Waals surface area contributed by atoms with Crippen LogP contribution in [0.15, 0.2) is 30.3 Å². The summed E-state index contributed by atoms with van der Waals surface area (Å²) in [6.07, 6.45) is 0.699. The van der Waals surface area contributed by atoms with Gasteiger partial charge in [-0.2, -0.15) is 0 Å². The maximum atomic E-state index is 10.8. The van der Waals surface area contributed by atoms with Gasteiger partial charge in [-0.15, -0.1) is 0 Å². The maximum absolute atomic E-state index is 10.8. The molecular weight excluding hydrogens is 196 g/mol. The molecular formula is C11H10O4. The van der Waals surface area contributed by atoms with Gasteiger partial charge >= 0.3 is 5.97 Å². The van der Waals surface area contributed by atoms with Crippen LogP contribution >= 0.6 is 0 Å². The lowest BCUT2D eigenvalue weighted by Gasteiger charge is -2.02. The highest BCUT2D eigenvalue weighted by molar-refractivity contribution is 6.38. The Bertz CT molecular complexity index is 432. The average Bonchev–Trinajstić information content (AvgIpc) is 2.18. The number of carbonyl (C=O) groups excluding carboxylic acids is 1. The van der Waals surface area contributed by atoms with E-state index >= 15 is 0 Å². The van der Waals surface area contributed by atoms with Crippen LogP contribution in [0, 0.1) is 6.92 Å². The van der Waals surface area contributed by atoms with Crippen LogP contribution in [-0.2, 0) is 9.59 Å². The molecule has 4 nitrogen and oxygen atoms in total. The number of hydrogen-bond donors (Lipinski definition) is 2. The number of hydrogen-bond acceptors (Lipinski definition) is 3. The molecule has 2 N–H and O–H groups in total. The van der Waals surface area contributed by atoms with Crippen LogP contribution in [-0.4, -0.2) is 22.0 Å². The lowest BCUT2D eigenvalue weighted by atomic mass is 10.1. The van der Waals surface area contributed by atoms with Gasteiger partial charge in [0.1, 0.15) is 5.76 Å². The number of carboxylic acids is 1. The lowest BCUT2D eigenvalue weighted by Crippen LogP contribution is -2.09. The second-order valence-corrected chi connectivity index (χ2v) is 3.01. The number of carboxylic acid groups (broad SMARTS) is 1. The monoisotopic (exact) mass is 206 g/mol. The number of benzene rings is 1. The van der Waals surface area contributed by atoms with Gasteiger partial charge in [-0.1, -0.05) is 24.3 Å². The van der Waals surface area contributed by atoms with Crippen LogP contribution in [0.4, 0.5) is 0 Å². The third-order valence-corrected chi connectivity index (χ3v) is 1.90. The molecule has 0 aromatic heterocycles. The largest absolute Gasteiger partial charge is 0.507 e. The van der Waals surface area contributed by atoms with Crippen molar-refractivity contribution in [2.24, 2.45) is 0 Å². The average molecular weight is 206 g/mol. The molecule has 0 heterocycles. The number of aliphatic hydroxyl groups excluding tert-OH is 1. The second-order valence-electron chi connectivity index (χ2n) is 3.01. The van der Waals surface area contributed by atoms with E-state index in [-0.39, 0.29) is 5.76 Å². The first-order valence-electron chi connectivity index (χ1n) is 4.26. The summed E-state index contributed by atoms with van der Waals surface area (Å²) in [5.74, 6) is -3.06. The van der Waals surface area contributed by atoms with E-state index < -0.39 is 11.8 Å². The van der Waals surface area contributed by atoms with E-state index in [1.54, 1.807) is 31.2 Å².